The number of rotatable bonds is 3. The van der Waals surface area contributed by atoms with Crippen LogP contribution in [-0.2, 0) is 6.42 Å². The van der Waals surface area contributed by atoms with Crippen LogP contribution in [0.4, 0.5) is 0 Å². The van der Waals surface area contributed by atoms with Crippen molar-refractivity contribution in [1.82, 2.24) is 0 Å². The van der Waals surface area contributed by atoms with Gasteiger partial charge in [0.15, 0.2) is 0 Å². The lowest BCUT2D eigenvalue weighted by Gasteiger charge is -2.55. The Morgan fingerprint density at radius 2 is 1.74 bits per heavy atom. The fourth-order valence-corrected chi connectivity index (χ4v) is 7.65. The van der Waals surface area contributed by atoms with E-state index in [-0.39, 0.29) is 0 Å². The van der Waals surface area contributed by atoms with Gasteiger partial charge in [0, 0.05) is 9.75 Å². The first-order valence-electron chi connectivity index (χ1n) is 7.97. The van der Waals surface area contributed by atoms with Crippen molar-refractivity contribution in [2.45, 2.75) is 50.3 Å². The molecule has 0 radical (unpaired) electrons. The standard InChI is InChI=1S/C17H23BrS/c1-2-14-3-4-15(19-14)17(18)16-12-6-10-5-11(8-12)9-13(16)7-10/h3-4,10-13,16-17H,2,5-9H2,1H3. The maximum absolute atomic E-state index is 4.09. The fourth-order valence-electron chi connectivity index (χ4n) is 5.37. The van der Waals surface area contributed by atoms with E-state index in [1.165, 1.54) is 32.1 Å². The quantitative estimate of drug-likeness (QED) is 0.609. The van der Waals surface area contributed by atoms with E-state index in [1.807, 2.05) is 11.3 Å². The summed E-state index contributed by atoms with van der Waals surface area (Å²) in [6, 6.07) is 4.72. The zero-order chi connectivity index (χ0) is 13.0. The van der Waals surface area contributed by atoms with Gasteiger partial charge in [-0.15, -0.1) is 11.3 Å². The molecule has 0 amide bonds. The molecule has 4 aliphatic rings. The van der Waals surface area contributed by atoms with E-state index in [9.17, 15) is 0 Å². The number of halogens is 1. The van der Waals surface area contributed by atoms with Gasteiger partial charge in [-0.05, 0) is 80.2 Å². The third-order valence-corrected chi connectivity index (χ3v) is 8.66. The van der Waals surface area contributed by atoms with E-state index < -0.39 is 0 Å². The Kier molecular flexibility index (Phi) is 3.31. The second-order valence-electron chi connectivity index (χ2n) is 7.07. The van der Waals surface area contributed by atoms with Crippen molar-refractivity contribution in [1.29, 1.82) is 0 Å². The maximum Gasteiger partial charge on any atom is 0.0522 e. The summed E-state index contributed by atoms with van der Waals surface area (Å²) in [5, 5.41) is 0. The van der Waals surface area contributed by atoms with E-state index in [0.717, 1.165) is 29.6 Å². The molecule has 4 fully saturated rings. The Bertz CT molecular complexity index is 436. The Hall–Kier alpha value is 0.180. The first-order valence-corrected chi connectivity index (χ1v) is 9.70. The molecule has 0 nitrogen and oxygen atoms in total. The predicted octanol–water partition coefficient (Wildman–Crippen LogP) is 5.82. The van der Waals surface area contributed by atoms with Gasteiger partial charge in [0.2, 0.25) is 0 Å². The highest BCUT2D eigenvalue weighted by Crippen LogP contribution is 2.61. The van der Waals surface area contributed by atoms with Crippen LogP contribution in [-0.4, -0.2) is 0 Å². The van der Waals surface area contributed by atoms with E-state index in [4.69, 9.17) is 0 Å². The SMILES string of the molecule is CCc1ccc(C(Br)C2C3CC4CC(C3)CC2C4)s1. The largest absolute Gasteiger partial charge is 0.144 e. The van der Waals surface area contributed by atoms with Crippen LogP contribution in [0, 0.1) is 29.6 Å². The highest BCUT2D eigenvalue weighted by Gasteiger charge is 2.50. The van der Waals surface area contributed by atoms with Crippen LogP contribution in [0.25, 0.3) is 0 Å². The molecule has 0 aliphatic heterocycles. The average molecular weight is 339 g/mol. The maximum atomic E-state index is 4.09. The number of aryl methyl sites for hydroxylation is 1. The van der Waals surface area contributed by atoms with Crippen molar-refractivity contribution in [3.05, 3.63) is 21.9 Å². The van der Waals surface area contributed by atoms with Gasteiger partial charge in [-0.2, -0.15) is 0 Å². The van der Waals surface area contributed by atoms with Gasteiger partial charge in [-0.25, -0.2) is 0 Å². The van der Waals surface area contributed by atoms with Gasteiger partial charge in [0.25, 0.3) is 0 Å². The number of hydrogen-bond donors (Lipinski definition) is 0. The summed E-state index contributed by atoms with van der Waals surface area (Å²) in [6.45, 7) is 2.27. The molecule has 0 spiro atoms. The summed E-state index contributed by atoms with van der Waals surface area (Å²) in [5.41, 5.74) is 0. The second kappa shape index (κ2) is 4.87. The predicted molar refractivity (Wildman–Crippen MR) is 85.9 cm³/mol. The van der Waals surface area contributed by atoms with E-state index in [1.54, 1.807) is 16.2 Å². The van der Waals surface area contributed by atoms with Crippen LogP contribution < -0.4 is 0 Å². The highest BCUT2D eigenvalue weighted by molar-refractivity contribution is 9.09. The molecule has 2 heteroatoms. The van der Waals surface area contributed by atoms with E-state index in [0.29, 0.717) is 4.83 Å². The Morgan fingerprint density at radius 3 is 2.26 bits per heavy atom. The molecule has 1 aromatic heterocycles. The summed E-state index contributed by atoms with van der Waals surface area (Å²) in [7, 11) is 0. The van der Waals surface area contributed by atoms with Crippen LogP contribution in [0.5, 0.6) is 0 Å². The lowest BCUT2D eigenvalue weighted by Crippen LogP contribution is -2.46. The molecule has 1 atom stereocenters. The van der Waals surface area contributed by atoms with Gasteiger partial charge in [-0.3, -0.25) is 0 Å². The molecule has 0 saturated heterocycles. The summed E-state index contributed by atoms with van der Waals surface area (Å²) in [5.74, 6) is 5.15. The normalized spacial score (nSPS) is 41.7. The van der Waals surface area contributed by atoms with E-state index in [2.05, 4.69) is 35.0 Å². The zero-order valence-electron chi connectivity index (χ0n) is 11.6. The minimum atomic E-state index is 0.632. The van der Waals surface area contributed by atoms with Crippen LogP contribution in [0.3, 0.4) is 0 Å². The van der Waals surface area contributed by atoms with Gasteiger partial charge < -0.3 is 0 Å². The molecule has 1 heterocycles. The topological polar surface area (TPSA) is 0 Å². The molecule has 5 rings (SSSR count). The molecule has 1 unspecified atom stereocenters. The zero-order valence-corrected chi connectivity index (χ0v) is 14.1. The first-order chi connectivity index (χ1) is 9.24. The van der Waals surface area contributed by atoms with Crippen molar-refractivity contribution >= 4 is 27.3 Å². The minimum absolute atomic E-state index is 0.632. The highest BCUT2D eigenvalue weighted by atomic mass is 79.9. The van der Waals surface area contributed by atoms with Gasteiger partial charge in [0.05, 0.1) is 4.83 Å². The minimum Gasteiger partial charge on any atom is -0.144 e. The monoisotopic (exact) mass is 338 g/mol. The molecule has 0 N–H and O–H groups in total. The average Bonchev–Trinajstić information content (AvgIpc) is 2.86. The molecule has 4 bridgehead atoms. The second-order valence-corrected chi connectivity index (χ2v) is 9.25. The molecule has 1 aromatic rings. The van der Waals surface area contributed by atoms with Crippen LogP contribution >= 0.6 is 27.3 Å². The number of hydrogen-bond acceptors (Lipinski definition) is 1. The molecule has 19 heavy (non-hydrogen) atoms. The summed E-state index contributed by atoms with van der Waals surface area (Å²) in [6.07, 6.45) is 8.88. The Balaban J connectivity index is 1.58. The number of thiophene rings is 1. The molecule has 104 valence electrons. The van der Waals surface area contributed by atoms with Gasteiger partial charge in [-0.1, -0.05) is 22.9 Å². The molecule has 4 aliphatic carbocycles. The molecular formula is C17H23BrS. The van der Waals surface area contributed by atoms with Crippen molar-refractivity contribution in [3.8, 4) is 0 Å². The Labute approximate surface area is 129 Å². The summed E-state index contributed by atoms with van der Waals surface area (Å²) in [4.78, 5) is 3.77. The third kappa shape index (κ3) is 2.14. The lowest BCUT2D eigenvalue weighted by molar-refractivity contribution is -0.0361. The van der Waals surface area contributed by atoms with Crippen molar-refractivity contribution in [2.75, 3.05) is 0 Å². The van der Waals surface area contributed by atoms with E-state index >= 15 is 0 Å². The molecular weight excluding hydrogens is 316 g/mol. The number of alkyl halides is 1. The van der Waals surface area contributed by atoms with Crippen LogP contribution in [0.15, 0.2) is 12.1 Å². The van der Waals surface area contributed by atoms with Crippen molar-refractivity contribution < 1.29 is 0 Å². The molecule has 4 saturated carbocycles. The van der Waals surface area contributed by atoms with Crippen LogP contribution in [0.2, 0.25) is 0 Å². The fraction of sp³-hybridized carbons (Fsp3) is 0.765. The van der Waals surface area contributed by atoms with Gasteiger partial charge >= 0.3 is 0 Å². The molecule has 0 aromatic carbocycles. The summed E-state index contributed by atoms with van der Waals surface area (Å²) >= 11 is 6.13. The van der Waals surface area contributed by atoms with Crippen LogP contribution in [0.1, 0.15) is 53.6 Å². The van der Waals surface area contributed by atoms with Crippen molar-refractivity contribution in [3.63, 3.8) is 0 Å². The first kappa shape index (κ1) is 12.9. The lowest BCUT2D eigenvalue weighted by atomic mass is 9.51. The summed E-state index contributed by atoms with van der Waals surface area (Å²) < 4.78 is 0. The third-order valence-electron chi connectivity index (χ3n) is 5.94. The Morgan fingerprint density at radius 1 is 1.11 bits per heavy atom. The smallest absolute Gasteiger partial charge is 0.0522 e. The van der Waals surface area contributed by atoms with Crippen molar-refractivity contribution in [2.24, 2.45) is 29.6 Å². The van der Waals surface area contributed by atoms with Gasteiger partial charge in [0.1, 0.15) is 0 Å².